The zero-order valence-corrected chi connectivity index (χ0v) is 15.0. The van der Waals surface area contributed by atoms with E-state index in [9.17, 15) is 19.2 Å². The molecule has 2 fully saturated rings. The maximum Gasteiger partial charge on any atom is 0.262 e. The van der Waals surface area contributed by atoms with E-state index in [1.54, 1.807) is 29.2 Å². The van der Waals surface area contributed by atoms with Crippen LogP contribution in [0, 0.1) is 0 Å². The molecule has 27 heavy (non-hydrogen) atoms. The standard InChI is InChI=1S/C19H22N4O4/c24-16-10-20-7-9-22(16)13-4-3-8-21(11-13)17(25)12-23-18(26)14-5-1-2-6-15(14)19(23)27/h1-2,5-6,13,20H,3-4,7-12H2. The van der Waals surface area contributed by atoms with Crippen LogP contribution in [0.3, 0.4) is 0 Å². The smallest absolute Gasteiger partial charge is 0.262 e. The Bertz CT molecular complexity index is 774. The minimum atomic E-state index is -0.421. The van der Waals surface area contributed by atoms with Crippen LogP contribution in [0.5, 0.6) is 0 Å². The molecule has 2 saturated heterocycles. The average Bonchev–Trinajstić information content (AvgIpc) is 2.93. The molecule has 0 radical (unpaired) electrons. The van der Waals surface area contributed by atoms with Gasteiger partial charge in [-0.15, -0.1) is 0 Å². The number of imide groups is 1. The molecule has 4 rings (SSSR count). The topological polar surface area (TPSA) is 90.0 Å². The molecule has 0 saturated carbocycles. The number of carbonyl (C=O) groups excluding carboxylic acids is 4. The molecule has 3 heterocycles. The molecule has 3 aliphatic rings. The lowest BCUT2D eigenvalue weighted by molar-refractivity contribution is -0.140. The first-order chi connectivity index (χ1) is 13.1. The number of fused-ring (bicyclic) bond motifs is 1. The van der Waals surface area contributed by atoms with Crippen molar-refractivity contribution in [3.63, 3.8) is 0 Å². The fourth-order valence-corrected chi connectivity index (χ4v) is 4.06. The van der Waals surface area contributed by atoms with Crippen molar-refractivity contribution in [2.45, 2.75) is 18.9 Å². The number of hydrogen-bond acceptors (Lipinski definition) is 5. The SMILES string of the molecule is O=C(CN1C(=O)c2ccccc2C1=O)N1CCCC(N2CCNCC2=O)C1. The largest absolute Gasteiger partial charge is 0.339 e. The van der Waals surface area contributed by atoms with E-state index in [1.165, 1.54) is 0 Å². The van der Waals surface area contributed by atoms with Crippen molar-refractivity contribution in [3.05, 3.63) is 35.4 Å². The van der Waals surface area contributed by atoms with Crippen molar-refractivity contribution >= 4 is 23.6 Å². The summed E-state index contributed by atoms with van der Waals surface area (Å²) in [5.74, 6) is -1.04. The second kappa shape index (κ2) is 7.11. The molecule has 1 N–H and O–H groups in total. The van der Waals surface area contributed by atoms with Crippen molar-refractivity contribution in [3.8, 4) is 0 Å². The van der Waals surface area contributed by atoms with Crippen LogP contribution in [0.2, 0.25) is 0 Å². The van der Waals surface area contributed by atoms with Crippen LogP contribution in [-0.4, -0.2) is 83.6 Å². The molecule has 0 aromatic heterocycles. The van der Waals surface area contributed by atoms with E-state index < -0.39 is 11.8 Å². The minimum Gasteiger partial charge on any atom is -0.339 e. The van der Waals surface area contributed by atoms with Gasteiger partial charge in [0.15, 0.2) is 0 Å². The van der Waals surface area contributed by atoms with Gasteiger partial charge >= 0.3 is 0 Å². The maximum absolute atomic E-state index is 12.8. The van der Waals surface area contributed by atoms with Crippen LogP contribution < -0.4 is 5.32 Å². The molecule has 8 nitrogen and oxygen atoms in total. The number of likely N-dealkylation sites (tertiary alicyclic amines) is 1. The third-order valence-electron chi connectivity index (χ3n) is 5.49. The van der Waals surface area contributed by atoms with E-state index in [0.717, 1.165) is 24.3 Å². The van der Waals surface area contributed by atoms with Crippen LogP contribution in [0.15, 0.2) is 24.3 Å². The Morgan fingerprint density at radius 3 is 2.44 bits per heavy atom. The van der Waals surface area contributed by atoms with Gasteiger partial charge in [0.25, 0.3) is 11.8 Å². The highest BCUT2D eigenvalue weighted by Gasteiger charge is 2.38. The molecule has 4 amide bonds. The molecule has 1 aromatic rings. The van der Waals surface area contributed by atoms with Crippen LogP contribution in [0.25, 0.3) is 0 Å². The first kappa shape index (κ1) is 17.7. The van der Waals surface area contributed by atoms with Gasteiger partial charge in [-0.25, -0.2) is 0 Å². The van der Waals surface area contributed by atoms with E-state index >= 15 is 0 Å². The second-order valence-electron chi connectivity index (χ2n) is 7.14. The summed E-state index contributed by atoms with van der Waals surface area (Å²) < 4.78 is 0. The van der Waals surface area contributed by atoms with Crippen molar-refractivity contribution in [1.82, 2.24) is 20.0 Å². The zero-order chi connectivity index (χ0) is 19.0. The number of rotatable bonds is 3. The van der Waals surface area contributed by atoms with Gasteiger partial charge < -0.3 is 15.1 Å². The number of carbonyl (C=O) groups is 4. The van der Waals surface area contributed by atoms with Gasteiger partial charge in [-0.1, -0.05) is 12.1 Å². The van der Waals surface area contributed by atoms with Crippen LogP contribution in [0.4, 0.5) is 0 Å². The van der Waals surface area contributed by atoms with Gasteiger partial charge in [-0.3, -0.25) is 24.1 Å². The molecule has 1 atom stereocenters. The molecule has 142 valence electrons. The summed E-state index contributed by atoms with van der Waals surface area (Å²) in [6.07, 6.45) is 1.66. The van der Waals surface area contributed by atoms with Crippen LogP contribution >= 0.6 is 0 Å². The Hall–Kier alpha value is -2.74. The number of nitrogens with zero attached hydrogens (tertiary/aromatic N) is 3. The zero-order valence-electron chi connectivity index (χ0n) is 15.0. The van der Waals surface area contributed by atoms with Crippen LogP contribution in [-0.2, 0) is 9.59 Å². The summed E-state index contributed by atoms with van der Waals surface area (Å²) in [7, 11) is 0. The Morgan fingerprint density at radius 1 is 1.07 bits per heavy atom. The summed E-state index contributed by atoms with van der Waals surface area (Å²) in [6.45, 7) is 2.51. The van der Waals surface area contributed by atoms with Gasteiger partial charge in [0.05, 0.1) is 17.7 Å². The highest BCUT2D eigenvalue weighted by Crippen LogP contribution is 2.23. The van der Waals surface area contributed by atoms with Crippen molar-refractivity contribution in [2.24, 2.45) is 0 Å². The first-order valence-electron chi connectivity index (χ1n) is 9.29. The second-order valence-corrected chi connectivity index (χ2v) is 7.14. The van der Waals surface area contributed by atoms with Crippen LogP contribution in [0.1, 0.15) is 33.6 Å². The van der Waals surface area contributed by atoms with E-state index in [0.29, 0.717) is 37.3 Å². The number of nitrogens with one attached hydrogen (secondary N) is 1. The van der Waals surface area contributed by atoms with E-state index in [4.69, 9.17) is 0 Å². The minimum absolute atomic E-state index is 0.000483. The van der Waals surface area contributed by atoms with Crippen molar-refractivity contribution in [1.29, 1.82) is 0 Å². The highest BCUT2D eigenvalue weighted by atomic mass is 16.2. The molecule has 0 bridgehead atoms. The molecular weight excluding hydrogens is 348 g/mol. The fraction of sp³-hybridized carbons (Fsp3) is 0.474. The third-order valence-corrected chi connectivity index (χ3v) is 5.49. The summed E-state index contributed by atoms with van der Waals surface area (Å²) >= 11 is 0. The molecule has 3 aliphatic heterocycles. The first-order valence-corrected chi connectivity index (χ1v) is 9.29. The molecule has 0 spiro atoms. The van der Waals surface area contributed by atoms with Crippen molar-refractivity contribution in [2.75, 3.05) is 39.3 Å². The summed E-state index contributed by atoms with van der Waals surface area (Å²) in [6, 6.07) is 6.61. The number of hydrogen-bond donors (Lipinski definition) is 1. The van der Waals surface area contributed by atoms with Crippen molar-refractivity contribution < 1.29 is 19.2 Å². The normalized spacial score (nSPS) is 23.0. The molecular formula is C19H22N4O4. The lowest BCUT2D eigenvalue weighted by atomic mass is 10.0. The summed E-state index contributed by atoms with van der Waals surface area (Å²) in [5, 5.41) is 3.05. The monoisotopic (exact) mass is 370 g/mol. The lowest BCUT2D eigenvalue weighted by Crippen LogP contribution is -2.58. The highest BCUT2D eigenvalue weighted by molar-refractivity contribution is 6.22. The Morgan fingerprint density at radius 2 is 1.78 bits per heavy atom. The van der Waals surface area contributed by atoms with Gasteiger partial charge in [-0.2, -0.15) is 0 Å². The average molecular weight is 370 g/mol. The number of piperidine rings is 1. The predicted octanol–water partition coefficient (Wildman–Crippen LogP) is -0.295. The number of benzene rings is 1. The molecule has 1 unspecified atom stereocenters. The fourth-order valence-electron chi connectivity index (χ4n) is 4.06. The van der Waals surface area contributed by atoms with Gasteiger partial charge in [0.2, 0.25) is 11.8 Å². The Balaban J connectivity index is 1.42. The lowest BCUT2D eigenvalue weighted by Gasteiger charge is -2.41. The van der Waals surface area contributed by atoms with E-state index in [-0.39, 0.29) is 24.4 Å². The van der Waals surface area contributed by atoms with Gasteiger partial charge in [0.1, 0.15) is 6.54 Å². The summed E-state index contributed by atoms with van der Waals surface area (Å²) in [4.78, 5) is 54.3. The Labute approximate surface area is 157 Å². The molecule has 8 heteroatoms. The molecule has 0 aliphatic carbocycles. The Kier molecular flexibility index (Phi) is 4.65. The number of piperazine rings is 1. The number of amides is 4. The van der Waals surface area contributed by atoms with E-state index in [2.05, 4.69) is 5.32 Å². The maximum atomic E-state index is 12.8. The van der Waals surface area contributed by atoms with Gasteiger partial charge in [0, 0.05) is 32.2 Å². The molecule has 1 aromatic carbocycles. The third kappa shape index (κ3) is 3.21. The summed E-state index contributed by atoms with van der Waals surface area (Å²) in [5.41, 5.74) is 0.691. The predicted molar refractivity (Wildman–Crippen MR) is 96.0 cm³/mol. The quantitative estimate of drug-likeness (QED) is 0.739. The van der Waals surface area contributed by atoms with Gasteiger partial charge in [-0.05, 0) is 25.0 Å². The van der Waals surface area contributed by atoms with E-state index in [1.807, 2.05) is 4.90 Å².